The summed E-state index contributed by atoms with van der Waals surface area (Å²) in [6.45, 7) is 5.97. The van der Waals surface area contributed by atoms with E-state index in [1.807, 2.05) is 6.92 Å². The summed E-state index contributed by atoms with van der Waals surface area (Å²) in [6.07, 6.45) is 2.97. The zero-order valence-electron chi connectivity index (χ0n) is 12.0. The predicted molar refractivity (Wildman–Crippen MR) is 75.4 cm³/mol. The van der Waals surface area contributed by atoms with Gasteiger partial charge in [-0.3, -0.25) is 0 Å². The second kappa shape index (κ2) is 7.67. The van der Waals surface area contributed by atoms with Crippen LogP contribution in [0.4, 0.5) is 0 Å². The van der Waals surface area contributed by atoms with Crippen molar-refractivity contribution in [3.63, 3.8) is 0 Å². The van der Waals surface area contributed by atoms with Gasteiger partial charge in [0.25, 0.3) is 10.0 Å². The molecule has 5 nitrogen and oxygen atoms in total. The van der Waals surface area contributed by atoms with Crippen molar-refractivity contribution in [1.82, 2.24) is 9.62 Å². The van der Waals surface area contributed by atoms with E-state index in [4.69, 9.17) is 4.42 Å². The second-order valence-corrected chi connectivity index (χ2v) is 6.51. The highest BCUT2D eigenvalue weighted by atomic mass is 32.2. The van der Waals surface area contributed by atoms with Crippen molar-refractivity contribution < 1.29 is 12.8 Å². The van der Waals surface area contributed by atoms with Crippen LogP contribution in [0.5, 0.6) is 0 Å². The zero-order chi connectivity index (χ0) is 14.3. The Kier molecular flexibility index (Phi) is 6.54. The number of rotatable bonds is 9. The summed E-state index contributed by atoms with van der Waals surface area (Å²) in [5.41, 5.74) is 0. The van der Waals surface area contributed by atoms with Gasteiger partial charge in [-0.25, -0.2) is 8.42 Å². The van der Waals surface area contributed by atoms with Crippen LogP contribution in [0.3, 0.4) is 0 Å². The largest absolute Gasteiger partial charge is 0.447 e. The molecule has 0 fully saturated rings. The lowest BCUT2D eigenvalue weighted by molar-refractivity contribution is 0.379. The average Bonchev–Trinajstić information content (AvgIpc) is 2.85. The quantitative estimate of drug-likeness (QED) is 0.708. The third kappa shape index (κ3) is 4.63. The molecule has 0 aliphatic heterocycles. The summed E-state index contributed by atoms with van der Waals surface area (Å²) in [6, 6.07) is 3.23. The van der Waals surface area contributed by atoms with Crippen molar-refractivity contribution in [2.24, 2.45) is 0 Å². The fourth-order valence-corrected chi connectivity index (χ4v) is 2.83. The molecule has 110 valence electrons. The monoisotopic (exact) mass is 288 g/mol. The molecule has 0 aliphatic carbocycles. The van der Waals surface area contributed by atoms with E-state index in [1.54, 1.807) is 13.1 Å². The number of sulfonamides is 1. The third-order valence-corrected chi connectivity index (χ3v) is 4.66. The van der Waals surface area contributed by atoms with Crippen molar-refractivity contribution in [2.75, 3.05) is 20.1 Å². The van der Waals surface area contributed by atoms with Crippen molar-refractivity contribution in [3.05, 3.63) is 17.9 Å². The van der Waals surface area contributed by atoms with Gasteiger partial charge >= 0.3 is 0 Å². The summed E-state index contributed by atoms with van der Waals surface area (Å²) < 4.78 is 31.2. The molecule has 1 rings (SSSR count). The molecule has 0 saturated carbocycles. The first-order valence-corrected chi connectivity index (χ1v) is 8.22. The Bertz CT molecular complexity index is 468. The molecule has 1 N–H and O–H groups in total. The van der Waals surface area contributed by atoms with Crippen molar-refractivity contribution in [3.8, 4) is 0 Å². The standard InChI is InChI=1S/C13H24N2O3S/c1-4-6-7-10-15(3)19(16,17)13-9-8-12(18-13)11-14-5-2/h8-9,14H,4-7,10-11H2,1-3H3. The van der Waals surface area contributed by atoms with Crippen LogP contribution in [0.2, 0.25) is 0 Å². The van der Waals surface area contributed by atoms with Gasteiger partial charge in [0.15, 0.2) is 0 Å². The number of hydrogen-bond acceptors (Lipinski definition) is 4. The first-order chi connectivity index (χ1) is 9.02. The average molecular weight is 288 g/mol. The van der Waals surface area contributed by atoms with Crippen molar-refractivity contribution >= 4 is 10.0 Å². The van der Waals surface area contributed by atoms with Crippen LogP contribution in [0.1, 0.15) is 38.9 Å². The normalized spacial score (nSPS) is 12.2. The number of unbranched alkanes of at least 4 members (excludes halogenated alkanes) is 2. The third-order valence-electron chi connectivity index (χ3n) is 2.93. The topological polar surface area (TPSA) is 62.6 Å². The Labute approximate surface area is 116 Å². The van der Waals surface area contributed by atoms with E-state index in [-0.39, 0.29) is 5.09 Å². The number of hydrogen-bond donors (Lipinski definition) is 1. The van der Waals surface area contributed by atoms with E-state index in [0.29, 0.717) is 18.8 Å². The molecule has 0 bridgehead atoms. The lowest BCUT2D eigenvalue weighted by Crippen LogP contribution is -2.27. The second-order valence-electron chi connectivity index (χ2n) is 4.53. The molecule has 0 saturated heterocycles. The van der Waals surface area contributed by atoms with E-state index < -0.39 is 10.0 Å². The van der Waals surface area contributed by atoms with E-state index in [9.17, 15) is 8.42 Å². The van der Waals surface area contributed by atoms with E-state index in [0.717, 1.165) is 25.8 Å². The minimum absolute atomic E-state index is 0.0272. The van der Waals surface area contributed by atoms with Crippen LogP contribution in [-0.4, -0.2) is 32.9 Å². The highest BCUT2D eigenvalue weighted by Crippen LogP contribution is 2.18. The molecule has 0 atom stereocenters. The summed E-state index contributed by atoms with van der Waals surface area (Å²) in [4.78, 5) is 0. The fourth-order valence-electron chi connectivity index (χ4n) is 1.70. The van der Waals surface area contributed by atoms with Crippen LogP contribution >= 0.6 is 0 Å². The molecule has 0 aliphatic rings. The molecule has 6 heteroatoms. The van der Waals surface area contributed by atoms with Gasteiger partial charge in [0.1, 0.15) is 5.76 Å². The maximum atomic E-state index is 12.2. The van der Waals surface area contributed by atoms with Crippen LogP contribution in [0, 0.1) is 0 Å². The predicted octanol–water partition coefficient (Wildman–Crippen LogP) is 2.20. The first kappa shape index (κ1) is 16.2. The maximum absolute atomic E-state index is 12.2. The van der Waals surface area contributed by atoms with Gasteiger partial charge < -0.3 is 9.73 Å². The summed E-state index contributed by atoms with van der Waals surface area (Å²) >= 11 is 0. The van der Waals surface area contributed by atoms with Gasteiger partial charge in [0.2, 0.25) is 5.09 Å². The number of nitrogens with zero attached hydrogens (tertiary/aromatic N) is 1. The van der Waals surface area contributed by atoms with Crippen LogP contribution in [0.15, 0.2) is 21.6 Å². The lowest BCUT2D eigenvalue weighted by atomic mass is 10.2. The maximum Gasteiger partial charge on any atom is 0.276 e. The Morgan fingerprint density at radius 3 is 2.63 bits per heavy atom. The Hall–Kier alpha value is -0.850. The van der Waals surface area contributed by atoms with Gasteiger partial charge in [-0.15, -0.1) is 0 Å². The Morgan fingerprint density at radius 1 is 1.26 bits per heavy atom. The number of nitrogens with one attached hydrogen (secondary N) is 1. The molecule has 0 aromatic carbocycles. The molecule has 1 heterocycles. The van der Waals surface area contributed by atoms with Gasteiger partial charge in [-0.2, -0.15) is 4.31 Å². The van der Waals surface area contributed by atoms with Crippen LogP contribution in [-0.2, 0) is 16.6 Å². The van der Waals surface area contributed by atoms with E-state index in [1.165, 1.54) is 10.4 Å². The van der Waals surface area contributed by atoms with Gasteiger partial charge in [0.05, 0.1) is 6.54 Å². The Morgan fingerprint density at radius 2 is 2.00 bits per heavy atom. The van der Waals surface area contributed by atoms with Crippen molar-refractivity contribution in [1.29, 1.82) is 0 Å². The molecular formula is C13H24N2O3S. The van der Waals surface area contributed by atoms with Crippen LogP contribution < -0.4 is 5.32 Å². The fraction of sp³-hybridized carbons (Fsp3) is 0.692. The molecule has 0 spiro atoms. The first-order valence-electron chi connectivity index (χ1n) is 6.78. The SMILES string of the molecule is CCCCCN(C)S(=O)(=O)c1ccc(CNCC)o1. The summed E-state index contributed by atoms with van der Waals surface area (Å²) in [5, 5.41) is 3.13. The molecule has 0 unspecified atom stereocenters. The minimum Gasteiger partial charge on any atom is -0.447 e. The molecule has 1 aromatic rings. The molecule has 1 aromatic heterocycles. The lowest BCUT2D eigenvalue weighted by Gasteiger charge is -2.14. The van der Waals surface area contributed by atoms with Gasteiger partial charge in [-0.05, 0) is 25.1 Å². The van der Waals surface area contributed by atoms with Crippen LogP contribution in [0.25, 0.3) is 0 Å². The Balaban J connectivity index is 2.68. The van der Waals surface area contributed by atoms with E-state index in [2.05, 4.69) is 12.2 Å². The zero-order valence-corrected chi connectivity index (χ0v) is 12.8. The molecule has 0 amide bonds. The smallest absolute Gasteiger partial charge is 0.276 e. The van der Waals surface area contributed by atoms with Gasteiger partial charge in [0, 0.05) is 13.6 Å². The highest BCUT2D eigenvalue weighted by Gasteiger charge is 2.23. The molecule has 0 radical (unpaired) electrons. The van der Waals surface area contributed by atoms with Crippen molar-refractivity contribution in [2.45, 2.75) is 44.7 Å². The van der Waals surface area contributed by atoms with Gasteiger partial charge in [-0.1, -0.05) is 26.7 Å². The minimum atomic E-state index is -3.48. The number of furan rings is 1. The summed E-state index contributed by atoms with van der Waals surface area (Å²) in [5.74, 6) is 0.641. The molecule has 19 heavy (non-hydrogen) atoms. The molecular weight excluding hydrogens is 264 g/mol. The van der Waals surface area contributed by atoms with E-state index >= 15 is 0 Å². The summed E-state index contributed by atoms with van der Waals surface area (Å²) in [7, 11) is -1.89. The highest BCUT2D eigenvalue weighted by molar-refractivity contribution is 7.89.